The highest BCUT2D eigenvalue weighted by Gasteiger charge is 2.25. The van der Waals surface area contributed by atoms with Gasteiger partial charge in [0.25, 0.3) is 5.91 Å². The van der Waals surface area contributed by atoms with Crippen molar-refractivity contribution >= 4 is 17.5 Å². The second-order valence-electron chi connectivity index (χ2n) is 4.22. The summed E-state index contributed by atoms with van der Waals surface area (Å²) in [6.07, 6.45) is 0.934. The van der Waals surface area contributed by atoms with E-state index in [0.717, 1.165) is 19.5 Å². The second-order valence-corrected chi connectivity index (χ2v) is 4.66. The minimum Gasteiger partial charge on any atom is -0.507 e. The standard InChI is InChI=1S/C12H15ClN2O2/c1-15(9-4-5-14-7-9)12(17)10-6-8(13)2-3-11(10)16/h2-3,6,9,14,16H,4-5,7H2,1H3. The van der Waals surface area contributed by atoms with Gasteiger partial charge in [0, 0.05) is 24.7 Å². The van der Waals surface area contributed by atoms with Gasteiger partial charge in [0.2, 0.25) is 0 Å². The van der Waals surface area contributed by atoms with Crippen molar-refractivity contribution < 1.29 is 9.90 Å². The minimum atomic E-state index is -0.196. The van der Waals surface area contributed by atoms with E-state index in [4.69, 9.17) is 11.6 Å². The van der Waals surface area contributed by atoms with E-state index in [9.17, 15) is 9.90 Å². The first kappa shape index (κ1) is 12.2. The van der Waals surface area contributed by atoms with E-state index in [-0.39, 0.29) is 23.3 Å². The minimum absolute atomic E-state index is 0.0304. The number of benzene rings is 1. The van der Waals surface area contributed by atoms with Crippen molar-refractivity contribution in [1.82, 2.24) is 10.2 Å². The number of phenolic OH excluding ortho intramolecular Hbond substituents is 1. The number of amides is 1. The SMILES string of the molecule is CN(C(=O)c1cc(Cl)ccc1O)C1CCNC1. The number of halogens is 1. The number of nitrogens with zero attached hydrogens (tertiary/aromatic N) is 1. The lowest BCUT2D eigenvalue weighted by atomic mass is 10.1. The lowest BCUT2D eigenvalue weighted by Gasteiger charge is -2.24. The van der Waals surface area contributed by atoms with Gasteiger partial charge in [-0.2, -0.15) is 0 Å². The fourth-order valence-corrected chi connectivity index (χ4v) is 2.18. The molecule has 1 saturated heterocycles. The summed E-state index contributed by atoms with van der Waals surface area (Å²) in [6, 6.07) is 4.68. The summed E-state index contributed by atoms with van der Waals surface area (Å²) in [4.78, 5) is 13.8. The van der Waals surface area contributed by atoms with E-state index in [1.807, 2.05) is 0 Å². The van der Waals surface area contributed by atoms with Gasteiger partial charge in [-0.05, 0) is 31.2 Å². The van der Waals surface area contributed by atoms with Crippen molar-refractivity contribution in [2.24, 2.45) is 0 Å². The van der Waals surface area contributed by atoms with E-state index in [2.05, 4.69) is 5.32 Å². The summed E-state index contributed by atoms with van der Waals surface area (Å²) < 4.78 is 0. The Labute approximate surface area is 105 Å². The highest BCUT2D eigenvalue weighted by Crippen LogP contribution is 2.23. The van der Waals surface area contributed by atoms with Gasteiger partial charge in [-0.3, -0.25) is 4.79 Å². The van der Waals surface area contributed by atoms with Crippen LogP contribution in [0.25, 0.3) is 0 Å². The number of carbonyl (C=O) groups excluding carboxylic acids is 1. The number of nitrogens with one attached hydrogen (secondary N) is 1. The molecule has 2 rings (SSSR count). The Morgan fingerprint density at radius 3 is 3.00 bits per heavy atom. The fraction of sp³-hybridized carbons (Fsp3) is 0.417. The summed E-state index contributed by atoms with van der Waals surface area (Å²) in [6.45, 7) is 1.72. The molecular weight excluding hydrogens is 240 g/mol. The first-order valence-corrected chi connectivity index (χ1v) is 5.94. The fourth-order valence-electron chi connectivity index (χ4n) is 2.01. The van der Waals surface area contributed by atoms with E-state index >= 15 is 0 Å². The van der Waals surface area contributed by atoms with E-state index in [1.54, 1.807) is 18.0 Å². The molecular formula is C12H15ClN2O2. The molecule has 0 spiro atoms. The molecule has 1 aliphatic rings. The molecule has 1 fully saturated rings. The van der Waals surface area contributed by atoms with Crippen LogP contribution in [0.3, 0.4) is 0 Å². The van der Waals surface area contributed by atoms with Crippen LogP contribution in [0.15, 0.2) is 18.2 Å². The first-order valence-electron chi connectivity index (χ1n) is 5.56. The van der Waals surface area contributed by atoms with Crippen LogP contribution in [-0.4, -0.2) is 42.1 Å². The van der Waals surface area contributed by atoms with Gasteiger partial charge in [0.15, 0.2) is 0 Å². The molecule has 17 heavy (non-hydrogen) atoms. The van der Waals surface area contributed by atoms with Crippen molar-refractivity contribution in [3.05, 3.63) is 28.8 Å². The van der Waals surface area contributed by atoms with Crippen molar-refractivity contribution in [3.63, 3.8) is 0 Å². The normalized spacial score (nSPS) is 19.3. The van der Waals surface area contributed by atoms with Crippen molar-refractivity contribution in [2.75, 3.05) is 20.1 Å². The maximum absolute atomic E-state index is 12.2. The summed E-state index contributed by atoms with van der Waals surface area (Å²) in [5.41, 5.74) is 0.256. The van der Waals surface area contributed by atoms with Crippen LogP contribution in [0.2, 0.25) is 5.02 Å². The number of likely N-dealkylation sites (N-methyl/N-ethyl adjacent to an activating group) is 1. The van der Waals surface area contributed by atoms with Gasteiger partial charge in [0.05, 0.1) is 5.56 Å². The molecule has 0 radical (unpaired) electrons. The Kier molecular flexibility index (Phi) is 3.54. The van der Waals surface area contributed by atoms with Crippen molar-refractivity contribution in [2.45, 2.75) is 12.5 Å². The molecule has 1 aromatic carbocycles. The molecule has 4 nitrogen and oxygen atoms in total. The predicted octanol–water partition coefficient (Wildman–Crippen LogP) is 1.48. The zero-order valence-electron chi connectivity index (χ0n) is 9.61. The topological polar surface area (TPSA) is 52.6 Å². The van der Waals surface area contributed by atoms with E-state index in [1.165, 1.54) is 12.1 Å². The third-order valence-electron chi connectivity index (χ3n) is 3.09. The largest absolute Gasteiger partial charge is 0.507 e. The first-order chi connectivity index (χ1) is 8.09. The Morgan fingerprint density at radius 1 is 1.59 bits per heavy atom. The van der Waals surface area contributed by atoms with Gasteiger partial charge in [0.1, 0.15) is 5.75 Å². The second kappa shape index (κ2) is 4.94. The number of aromatic hydroxyl groups is 1. The Morgan fingerprint density at radius 2 is 2.35 bits per heavy atom. The molecule has 1 unspecified atom stereocenters. The Hall–Kier alpha value is -1.26. The zero-order chi connectivity index (χ0) is 12.4. The highest BCUT2D eigenvalue weighted by molar-refractivity contribution is 6.31. The lowest BCUT2D eigenvalue weighted by Crippen LogP contribution is -2.38. The molecule has 92 valence electrons. The number of hydrogen-bond donors (Lipinski definition) is 2. The van der Waals surface area contributed by atoms with Crippen LogP contribution in [0.1, 0.15) is 16.8 Å². The number of carbonyl (C=O) groups is 1. The molecule has 0 aliphatic carbocycles. The van der Waals surface area contributed by atoms with Gasteiger partial charge in [-0.1, -0.05) is 11.6 Å². The molecule has 1 amide bonds. The van der Waals surface area contributed by atoms with E-state index < -0.39 is 0 Å². The van der Waals surface area contributed by atoms with Crippen LogP contribution in [0.5, 0.6) is 5.75 Å². The number of phenols is 1. The van der Waals surface area contributed by atoms with Gasteiger partial charge in [-0.15, -0.1) is 0 Å². The highest BCUT2D eigenvalue weighted by atomic mass is 35.5. The molecule has 1 heterocycles. The van der Waals surface area contributed by atoms with Gasteiger partial charge in [-0.25, -0.2) is 0 Å². The molecule has 2 N–H and O–H groups in total. The van der Waals surface area contributed by atoms with Crippen LogP contribution in [0.4, 0.5) is 0 Å². The maximum Gasteiger partial charge on any atom is 0.257 e. The van der Waals surface area contributed by atoms with Gasteiger partial charge < -0.3 is 15.3 Å². The molecule has 1 atom stereocenters. The molecule has 1 aromatic rings. The van der Waals surface area contributed by atoms with Crippen LogP contribution in [0, 0.1) is 0 Å². The Balaban J connectivity index is 2.20. The van der Waals surface area contributed by atoms with Gasteiger partial charge >= 0.3 is 0 Å². The number of hydrogen-bond acceptors (Lipinski definition) is 3. The third-order valence-corrected chi connectivity index (χ3v) is 3.33. The quantitative estimate of drug-likeness (QED) is 0.841. The molecule has 5 heteroatoms. The summed E-state index contributed by atoms with van der Waals surface area (Å²) in [7, 11) is 1.75. The van der Waals surface area contributed by atoms with Crippen molar-refractivity contribution in [3.8, 4) is 5.75 Å². The average Bonchev–Trinajstić information content (AvgIpc) is 2.84. The third kappa shape index (κ3) is 2.53. The van der Waals surface area contributed by atoms with Crippen LogP contribution >= 0.6 is 11.6 Å². The monoisotopic (exact) mass is 254 g/mol. The van der Waals surface area contributed by atoms with Crippen LogP contribution < -0.4 is 5.32 Å². The maximum atomic E-state index is 12.2. The van der Waals surface area contributed by atoms with E-state index in [0.29, 0.717) is 5.02 Å². The zero-order valence-corrected chi connectivity index (χ0v) is 10.4. The number of rotatable bonds is 2. The summed E-state index contributed by atoms with van der Waals surface area (Å²) in [5.74, 6) is -0.226. The molecule has 1 aliphatic heterocycles. The molecule has 0 bridgehead atoms. The predicted molar refractivity (Wildman–Crippen MR) is 66.5 cm³/mol. The molecule has 0 saturated carbocycles. The molecule has 0 aromatic heterocycles. The van der Waals surface area contributed by atoms with Crippen molar-refractivity contribution in [1.29, 1.82) is 0 Å². The summed E-state index contributed by atoms with van der Waals surface area (Å²) in [5, 5.41) is 13.3. The summed E-state index contributed by atoms with van der Waals surface area (Å²) >= 11 is 5.83. The Bertz CT molecular complexity index is 431. The van der Waals surface area contributed by atoms with Crippen LogP contribution in [-0.2, 0) is 0 Å². The average molecular weight is 255 g/mol. The smallest absolute Gasteiger partial charge is 0.257 e. The lowest BCUT2D eigenvalue weighted by molar-refractivity contribution is 0.0741.